The molecule has 7 nitrogen and oxygen atoms in total. The summed E-state index contributed by atoms with van der Waals surface area (Å²) in [5.74, 6) is -0.286. The number of allylic oxidation sites excluding steroid dienone is 2. The summed E-state index contributed by atoms with van der Waals surface area (Å²) in [6.07, 6.45) is -1.28. The summed E-state index contributed by atoms with van der Waals surface area (Å²) in [7, 11) is 0. The van der Waals surface area contributed by atoms with Crippen molar-refractivity contribution in [1.82, 2.24) is 20.8 Å². The molecule has 0 spiro atoms. The van der Waals surface area contributed by atoms with E-state index in [1.165, 1.54) is 18.1 Å². The standard InChI is InChI=1S/C18H20ClF3N4O3/c1-13(27)26(23-11-14-5-2-3-7-16(14)19)9-10-29-24-17(28)25-8-4-6-15(12-25)18(20,21)22/h2-8,23H,9-12H2,1H3,(H,24,28). The van der Waals surface area contributed by atoms with E-state index in [-0.39, 0.29) is 19.1 Å². The second-order valence-corrected chi connectivity index (χ2v) is 6.42. The van der Waals surface area contributed by atoms with Crippen molar-refractivity contribution < 1.29 is 27.6 Å². The molecule has 0 saturated heterocycles. The highest BCUT2D eigenvalue weighted by Gasteiger charge is 2.35. The van der Waals surface area contributed by atoms with E-state index in [2.05, 4.69) is 10.9 Å². The number of nitrogens with zero attached hydrogens (tertiary/aromatic N) is 2. The largest absolute Gasteiger partial charge is 0.414 e. The number of urea groups is 1. The fourth-order valence-corrected chi connectivity index (χ4v) is 2.56. The molecule has 3 amide bonds. The zero-order valence-corrected chi connectivity index (χ0v) is 16.3. The van der Waals surface area contributed by atoms with Crippen molar-refractivity contribution in [1.29, 1.82) is 0 Å². The summed E-state index contributed by atoms with van der Waals surface area (Å²) in [5.41, 5.74) is 4.90. The number of carbonyl (C=O) groups excluding carboxylic acids is 2. The topological polar surface area (TPSA) is 73.9 Å². The first-order valence-electron chi connectivity index (χ1n) is 8.56. The van der Waals surface area contributed by atoms with E-state index < -0.39 is 24.3 Å². The monoisotopic (exact) mass is 432 g/mol. The maximum Gasteiger partial charge on any atom is 0.414 e. The summed E-state index contributed by atoms with van der Waals surface area (Å²) in [6, 6.07) is 6.28. The second kappa shape index (κ2) is 10.3. The molecular formula is C18H20ClF3N4O3. The first-order valence-corrected chi connectivity index (χ1v) is 8.94. The zero-order chi connectivity index (χ0) is 21.4. The lowest BCUT2D eigenvalue weighted by Crippen LogP contribution is -2.45. The van der Waals surface area contributed by atoms with Gasteiger partial charge in [-0.05, 0) is 17.7 Å². The van der Waals surface area contributed by atoms with Crippen molar-refractivity contribution in [3.8, 4) is 0 Å². The van der Waals surface area contributed by atoms with Crippen LogP contribution in [0, 0.1) is 0 Å². The molecule has 0 bridgehead atoms. The van der Waals surface area contributed by atoms with E-state index in [4.69, 9.17) is 16.4 Å². The van der Waals surface area contributed by atoms with Crippen LogP contribution in [0.3, 0.4) is 0 Å². The molecule has 1 aromatic carbocycles. The Morgan fingerprint density at radius 3 is 2.69 bits per heavy atom. The first kappa shape index (κ1) is 22.7. The van der Waals surface area contributed by atoms with Gasteiger partial charge in [-0.3, -0.25) is 19.5 Å². The van der Waals surface area contributed by atoms with Gasteiger partial charge in [0.1, 0.15) is 0 Å². The van der Waals surface area contributed by atoms with Crippen molar-refractivity contribution in [3.05, 3.63) is 58.8 Å². The first-order chi connectivity index (χ1) is 13.7. The Morgan fingerprint density at radius 1 is 1.31 bits per heavy atom. The van der Waals surface area contributed by atoms with Gasteiger partial charge in [0, 0.05) is 24.7 Å². The number of hydrogen-bond acceptors (Lipinski definition) is 4. The third-order valence-electron chi connectivity index (χ3n) is 3.90. The molecule has 1 aromatic rings. The third kappa shape index (κ3) is 7.08. The normalized spacial score (nSPS) is 13.8. The Hall–Kier alpha value is -2.56. The van der Waals surface area contributed by atoms with Gasteiger partial charge >= 0.3 is 12.2 Å². The zero-order valence-electron chi connectivity index (χ0n) is 15.5. The summed E-state index contributed by atoms with van der Waals surface area (Å²) in [5, 5.41) is 1.83. The second-order valence-electron chi connectivity index (χ2n) is 6.01. The number of hydrazine groups is 1. The average Bonchev–Trinajstić information content (AvgIpc) is 2.67. The van der Waals surface area contributed by atoms with Gasteiger partial charge in [-0.25, -0.2) is 15.7 Å². The van der Waals surface area contributed by atoms with Crippen LogP contribution in [0.5, 0.6) is 0 Å². The molecule has 1 aliphatic rings. The quantitative estimate of drug-likeness (QED) is 0.513. The number of benzene rings is 1. The van der Waals surface area contributed by atoms with Crippen LogP contribution in [0.25, 0.3) is 0 Å². The van der Waals surface area contributed by atoms with Crippen molar-refractivity contribution in [2.75, 3.05) is 19.7 Å². The Labute approximate surface area is 170 Å². The molecule has 2 N–H and O–H groups in total. The van der Waals surface area contributed by atoms with Crippen LogP contribution in [0.15, 0.2) is 48.2 Å². The molecule has 11 heteroatoms. The van der Waals surface area contributed by atoms with E-state index in [0.29, 0.717) is 11.6 Å². The predicted octanol–water partition coefficient (Wildman–Crippen LogP) is 3.15. The molecule has 158 valence electrons. The van der Waals surface area contributed by atoms with Gasteiger partial charge in [0.05, 0.1) is 25.3 Å². The van der Waals surface area contributed by atoms with Crippen LogP contribution >= 0.6 is 11.6 Å². The average molecular weight is 433 g/mol. The Balaban J connectivity index is 1.75. The predicted molar refractivity (Wildman–Crippen MR) is 100 cm³/mol. The molecule has 1 aliphatic heterocycles. The van der Waals surface area contributed by atoms with Gasteiger partial charge in [0.25, 0.3) is 0 Å². The fraction of sp³-hybridized carbons (Fsp3) is 0.333. The highest BCUT2D eigenvalue weighted by atomic mass is 35.5. The lowest BCUT2D eigenvalue weighted by Gasteiger charge is -2.25. The van der Waals surface area contributed by atoms with E-state index in [0.717, 1.165) is 22.6 Å². The number of halogens is 4. The number of rotatable bonds is 7. The lowest BCUT2D eigenvalue weighted by molar-refractivity contribution is -0.133. The van der Waals surface area contributed by atoms with E-state index in [1.807, 2.05) is 6.07 Å². The molecule has 0 unspecified atom stereocenters. The molecule has 0 aromatic heterocycles. The minimum Gasteiger partial charge on any atom is -0.295 e. The number of amides is 3. The number of alkyl halides is 3. The van der Waals surface area contributed by atoms with Gasteiger partial charge in [-0.15, -0.1) is 0 Å². The number of hydroxylamine groups is 1. The van der Waals surface area contributed by atoms with E-state index in [1.54, 1.807) is 18.2 Å². The van der Waals surface area contributed by atoms with Crippen LogP contribution in [0.4, 0.5) is 18.0 Å². The molecule has 0 atom stereocenters. The summed E-state index contributed by atoms with van der Waals surface area (Å²) < 4.78 is 38.2. The van der Waals surface area contributed by atoms with Crippen molar-refractivity contribution >= 4 is 23.5 Å². The summed E-state index contributed by atoms with van der Waals surface area (Å²) in [4.78, 5) is 29.5. The number of hydrogen-bond donors (Lipinski definition) is 2. The number of nitrogens with one attached hydrogen (secondary N) is 2. The minimum atomic E-state index is -4.51. The molecule has 0 saturated carbocycles. The maximum absolute atomic E-state index is 12.7. The van der Waals surface area contributed by atoms with Crippen LogP contribution in [-0.4, -0.2) is 47.7 Å². The van der Waals surface area contributed by atoms with Crippen LogP contribution < -0.4 is 10.9 Å². The third-order valence-corrected chi connectivity index (χ3v) is 4.27. The molecule has 2 rings (SSSR count). The number of carbonyl (C=O) groups is 2. The molecule has 0 radical (unpaired) electrons. The summed E-state index contributed by atoms with van der Waals surface area (Å²) >= 11 is 6.06. The van der Waals surface area contributed by atoms with Crippen LogP contribution in [0.1, 0.15) is 12.5 Å². The van der Waals surface area contributed by atoms with E-state index >= 15 is 0 Å². The molecule has 1 heterocycles. The van der Waals surface area contributed by atoms with Crippen molar-refractivity contribution in [3.63, 3.8) is 0 Å². The lowest BCUT2D eigenvalue weighted by atomic mass is 10.2. The minimum absolute atomic E-state index is 0.0830. The van der Waals surface area contributed by atoms with Gasteiger partial charge in [0.15, 0.2) is 0 Å². The van der Waals surface area contributed by atoms with Crippen molar-refractivity contribution in [2.45, 2.75) is 19.6 Å². The Bertz CT molecular complexity index is 799. The molecule has 0 aliphatic carbocycles. The smallest absolute Gasteiger partial charge is 0.295 e. The van der Waals surface area contributed by atoms with Gasteiger partial charge in [-0.1, -0.05) is 35.9 Å². The Kier molecular flexibility index (Phi) is 8.06. The Morgan fingerprint density at radius 2 is 2.03 bits per heavy atom. The van der Waals surface area contributed by atoms with Gasteiger partial charge in [0.2, 0.25) is 5.91 Å². The summed E-state index contributed by atoms with van der Waals surface area (Å²) in [6.45, 7) is 1.04. The highest BCUT2D eigenvalue weighted by Crippen LogP contribution is 2.28. The molecule has 29 heavy (non-hydrogen) atoms. The van der Waals surface area contributed by atoms with Crippen LogP contribution in [-0.2, 0) is 16.2 Å². The van der Waals surface area contributed by atoms with E-state index in [9.17, 15) is 22.8 Å². The van der Waals surface area contributed by atoms with Crippen LogP contribution in [0.2, 0.25) is 5.02 Å². The molecule has 0 fully saturated rings. The molecular weight excluding hydrogens is 413 g/mol. The van der Waals surface area contributed by atoms with Gasteiger partial charge in [-0.2, -0.15) is 13.2 Å². The highest BCUT2D eigenvalue weighted by molar-refractivity contribution is 6.31. The van der Waals surface area contributed by atoms with Gasteiger partial charge < -0.3 is 0 Å². The SMILES string of the molecule is CC(=O)N(CCONC(=O)N1C=CC=C(C(F)(F)F)C1)NCc1ccccc1Cl. The maximum atomic E-state index is 12.7. The van der Waals surface area contributed by atoms with Crippen molar-refractivity contribution in [2.24, 2.45) is 0 Å². The fourth-order valence-electron chi connectivity index (χ4n) is 2.35.